The van der Waals surface area contributed by atoms with Crippen molar-refractivity contribution in [1.82, 2.24) is 15.1 Å². The Morgan fingerprint density at radius 3 is 2.24 bits per heavy atom. The molecule has 0 saturated carbocycles. The number of carboxylic acid groups (broad SMARTS) is 1. The van der Waals surface area contributed by atoms with Crippen LogP contribution in [-0.4, -0.2) is 64.7 Å². The molecule has 6 heteroatoms. The number of carboxylic acids is 1. The molecule has 0 spiro atoms. The highest BCUT2D eigenvalue weighted by molar-refractivity contribution is 5.76. The lowest BCUT2D eigenvalue weighted by Crippen LogP contribution is -2.57. The van der Waals surface area contributed by atoms with Gasteiger partial charge in [0.2, 0.25) is 0 Å². The van der Waals surface area contributed by atoms with Gasteiger partial charge in [-0.1, -0.05) is 12.2 Å². The van der Waals surface area contributed by atoms with Gasteiger partial charge in [0.05, 0.1) is 12.0 Å². The van der Waals surface area contributed by atoms with E-state index in [0.29, 0.717) is 19.5 Å². The molecule has 0 aromatic rings. The van der Waals surface area contributed by atoms with E-state index in [4.69, 9.17) is 5.11 Å². The minimum absolute atomic E-state index is 0.0933. The van der Waals surface area contributed by atoms with Crippen molar-refractivity contribution >= 4 is 12.0 Å². The van der Waals surface area contributed by atoms with Crippen LogP contribution in [0.1, 0.15) is 27.2 Å². The van der Waals surface area contributed by atoms with Crippen LogP contribution >= 0.6 is 0 Å². The van der Waals surface area contributed by atoms with Gasteiger partial charge in [0, 0.05) is 31.7 Å². The lowest BCUT2D eigenvalue weighted by Gasteiger charge is -2.42. The summed E-state index contributed by atoms with van der Waals surface area (Å²) in [4.78, 5) is 27.3. The molecule has 2 aliphatic rings. The number of carbonyl (C=O) groups is 2. The molecule has 2 rings (SSSR count). The number of hydrogen-bond donors (Lipinski definition) is 2. The SMILES string of the molecule is CC(C)(C)N1CCN(C(=O)NC2C=CC(C(=O)O)C2)CC1. The summed E-state index contributed by atoms with van der Waals surface area (Å²) in [5.41, 5.74) is 0.130. The fraction of sp³-hybridized carbons (Fsp3) is 0.733. The molecule has 0 radical (unpaired) electrons. The highest BCUT2D eigenvalue weighted by Gasteiger charge is 2.30. The van der Waals surface area contributed by atoms with E-state index in [9.17, 15) is 9.59 Å². The van der Waals surface area contributed by atoms with Crippen molar-refractivity contribution in [1.29, 1.82) is 0 Å². The monoisotopic (exact) mass is 295 g/mol. The van der Waals surface area contributed by atoms with Gasteiger partial charge in [-0.2, -0.15) is 0 Å². The zero-order valence-electron chi connectivity index (χ0n) is 13.0. The van der Waals surface area contributed by atoms with Gasteiger partial charge in [0.1, 0.15) is 0 Å². The molecule has 1 aliphatic heterocycles. The van der Waals surface area contributed by atoms with E-state index in [2.05, 4.69) is 31.0 Å². The van der Waals surface area contributed by atoms with E-state index in [1.54, 1.807) is 12.2 Å². The van der Waals surface area contributed by atoms with Crippen LogP contribution in [0.5, 0.6) is 0 Å². The van der Waals surface area contributed by atoms with E-state index < -0.39 is 11.9 Å². The average Bonchev–Trinajstić information content (AvgIpc) is 2.86. The Labute approximate surface area is 125 Å². The first-order chi connectivity index (χ1) is 9.77. The predicted octanol–water partition coefficient (Wildman–Crippen LogP) is 1.14. The summed E-state index contributed by atoms with van der Waals surface area (Å²) in [6.45, 7) is 9.70. The minimum Gasteiger partial charge on any atom is -0.481 e. The van der Waals surface area contributed by atoms with Crippen molar-refractivity contribution in [2.24, 2.45) is 5.92 Å². The number of hydrogen-bond acceptors (Lipinski definition) is 3. The maximum Gasteiger partial charge on any atom is 0.317 e. The number of carbonyl (C=O) groups excluding carboxylic acids is 1. The van der Waals surface area contributed by atoms with Gasteiger partial charge < -0.3 is 15.3 Å². The molecule has 21 heavy (non-hydrogen) atoms. The molecular weight excluding hydrogens is 270 g/mol. The van der Waals surface area contributed by atoms with Crippen molar-refractivity contribution in [2.45, 2.75) is 38.8 Å². The van der Waals surface area contributed by atoms with Crippen LogP contribution in [0.4, 0.5) is 4.79 Å². The van der Waals surface area contributed by atoms with Gasteiger partial charge in [-0.05, 0) is 27.2 Å². The van der Waals surface area contributed by atoms with E-state index >= 15 is 0 Å². The molecule has 1 fully saturated rings. The second-order valence-electron chi connectivity index (χ2n) is 6.77. The van der Waals surface area contributed by atoms with Gasteiger partial charge in [0.25, 0.3) is 0 Å². The fourth-order valence-electron chi connectivity index (χ4n) is 2.82. The molecule has 0 aromatic carbocycles. The quantitative estimate of drug-likeness (QED) is 0.749. The summed E-state index contributed by atoms with van der Waals surface area (Å²) in [5, 5.41) is 11.8. The third kappa shape index (κ3) is 3.97. The van der Waals surface area contributed by atoms with Gasteiger partial charge in [-0.3, -0.25) is 9.69 Å². The van der Waals surface area contributed by atoms with Crippen LogP contribution in [0.15, 0.2) is 12.2 Å². The molecule has 2 unspecified atom stereocenters. The van der Waals surface area contributed by atoms with Crippen LogP contribution in [0.25, 0.3) is 0 Å². The molecule has 2 N–H and O–H groups in total. The van der Waals surface area contributed by atoms with Crippen molar-refractivity contribution in [2.75, 3.05) is 26.2 Å². The number of nitrogens with zero attached hydrogens (tertiary/aromatic N) is 2. The first kappa shape index (κ1) is 15.8. The molecule has 1 aliphatic carbocycles. The summed E-state index contributed by atoms with van der Waals surface area (Å²) < 4.78 is 0. The van der Waals surface area contributed by atoms with Gasteiger partial charge in [0.15, 0.2) is 0 Å². The van der Waals surface area contributed by atoms with Gasteiger partial charge in [-0.25, -0.2) is 4.79 Å². The van der Waals surface area contributed by atoms with E-state index in [1.807, 2.05) is 4.90 Å². The van der Waals surface area contributed by atoms with Crippen LogP contribution < -0.4 is 5.32 Å². The number of rotatable bonds is 2. The number of nitrogens with one attached hydrogen (secondary N) is 1. The summed E-state index contributed by atoms with van der Waals surface area (Å²) in [5.74, 6) is -1.31. The maximum atomic E-state index is 12.2. The summed E-state index contributed by atoms with van der Waals surface area (Å²) in [6.07, 6.45) is 3.88. The Kier molecular flexibility index (Phi) is 4.56. The third-order valence-electron chi connectivity index (χ3n) is 4.23. The molecule has 2 amide bonds. The highest BCUT2D eigenvalue weighted by Crippen LogP contribution is 2.19. The molecule has 0 aromatic heterocycles. The normalized spacial score (nSPS) is 26.9. The maximum absolute atomic E-state index is 12.2. The topological polar surface area (TPSA) is 72.9 Å². The lowest BCUT2D eigenvalue weighted by atomic mass is 10.1. The number of amides is 2. The Bertz CT molecular complexity index is 434. The van der Waals surface area contributed by atoms with Gasteiger partial charge >= 0.3 is 12.0 Å². The predicted molar refractivity (Wildman–Crippen MR) is 80.1 cm³/mol. The molecule has 1 heterocycles. The molecule has 0 bridgehead atoms. The van der Waals surface area contributed by atoms with Crippen LogP contribution in [0, 0.1) is 5.92 Å². The van der Waals surface area contributed by atoms with Crippen molar-refractivity contribution in [3.8, 4) is 0 Å². The largest absolute Gasteiger partial charge is 0.481 e. The van der Waals surface area contributed by atoms with E-state index in [0.717, 1.165) is 13.1 Å². The zero-order valence-corrected chi connectivity index (χ0v) is 13.0. The Morgan fingerprint density at radius 2 is 1.76 bits per heavy atom. The highest BCUT2D eigenvalue weighted by atomic mass is 16.4. The number of urea groups is 1. The zero-order chi connectivity index (χ0) is 15.6. The summed E-state index contributed by atoms with van der Waals surface area (Å²) in [6, 6.07) is -0.261. The Morgan fingerprint density at radius 1 is 1.14 bits per heavy atom. The second kappa shape index (κ2) is 6.05. The standard InChI is InChI=1S/C15H25N3O3/c1-15(2,3)18-8-6-17(7-9-18)14(21)16-12-5-4-11(10-12)13(19)20/h4-5,11-12H,6-10H2,1-3H3,(H,16,21)(H,19,20). The van der Waals surface area contributed by atoms with Crippen LogP contribution in [0.3, 0.4) is 0 Å². The second-order valence-corrected chi connectivity index (χ2v) is 6.77. The van der Waals surface area contributed by atoms with Crippen molar-refractivity contribution in [3.05, 3.63) is 12.2 Å². The molecule has 118 valence electrons. The fourth-order valence-corrected chi connectivity index (χ4v) is 2.82. The molecule has 6 nitrogen and oxygen atoms in total. The summed E-state index contributed by atoms with van der Waals surface area (Å²) >= 11 is 0. The Balaban J connectivity index is 1.79. The van der Waals surface area contributed by atoms with Crippen LogP contribution in [0.2, 0.25) is 0 Å². The first-order valence-electron chi connectivity index (χ1n) is 7.49. The van der Waals surface area contributed by atoms with E-state index in [-0.39, 0.29) is 17.6 Å². The molecular formula is C15H25N3O3. The number of aliphatic carboxylic acids is 1. The lowest BCUT2D eigenvalue weighted by molar-refractivity contribution is -0.140. The molecule has 1 saturated heterocycles. The summed E-state index contributed by atoms with van der Waals surface area (Å²) in [7, 11) is 0. The van der Waals surface area contributed by atoms with Crippen LogP contribution in [-0.2, 0) is 4.79 Å². The minimum atomic E-state index is -0.832. The van der Waals surface area contributed by atoms with Crippen molar-refractivity contribution < 1.29 is 14.7 Å². The van der Waals surface area contributed by atoms with Gasteiger partial charge in [-0.15, -0.1) is 0 Å². The first-order valence-corrected chi connectivity index (χ1v) is 7.49. The average molecular weight is 295 g/mol. The number of piperazine rings is 1. The van der Waals surface area contributed by atoms with Crippen molar-refractivity contribution in [3.63, 3.8) is 0 Å². The Hall–Kier alpha value is -1.56. The van der Waals surface area contributed by atoms with E-state index in [1.165, 1.54) is 0 Å². The third-order valence-corrected chi connectivity index (χ3v) is 4.23. The molecule has 2 atom stereocenters. The smallest absolute Gasteiger partial charge is 0.317 e.